The van der Waals surface area contributed by atoms with Gasteiger partial charge in [0, 0.05) is 17.4 Å². The second-order valence-electron chi connectivity index (χ2n) is 6.29. The highest BCUT2D eigenvalue weighted by Gasteiger charge is 2.15. The molecule has 0 bridgehead atoms. The molecular formula is C20H22N4O. The van der Waals surface area contributed by atoms with Crippen LogP contribution in [0.5, 0.6) is 0 Å². The lowest BCUT2D eigenvalue weighted by molar-refractivity contribution is 0.244. The Hall–Kier alpha value is -3.00. The van der Waals surface area contributed by atoms with Gasteiger partial charge in [-0.2, -0.15) is 5.26 Å². The molecule has 0 aliphatic heterocycles. The van der Waals surface area contributed by atoms with E-state index in [0.29, 0.717) is 5.56 Å². The van der Waals surface area contributed by atoms with Crippen LogP contribution in [0.15, 0.2) is 48.5 Å². The zero-order chi connectivity index (χ0) is 17.5. The molecule has 1 aliphatic rings. The van der Waals surface area contributed by atoms with Gasteiger partial charge in [0.2, 0.25) is 0 Å². The summed E-state index contributed by atoms with van der Waals surface area (Å²) in [6.07, 6.45) is 5.78. The van der Waals surface area contributed by atoms with Crippen LogP contribution in [0.25, 0.3) is 0 Å². The number of urea groups is 1. The first kappa shape index (κ1) is 16.8. The van der Waals surface area contributed by atoms with Crippen molar-refractivity contribution in [3.05, 3.63) is 54.1 Å². The molecule has 0 unspecified atom stereocenters. The molecule has 25 heavy (non-hydrogen) atoms. The number of rotatable bonds is 4. The number of nitriles is 1. The van der Waals surface area contributed by atoms with E-state index in [1.165, 1.54) is 19.3 Å². The number of nitrogens with one attached hydrogen (secondary N) is 3. The molecule has 1 saturated carbocycles. The van der Waals surface area contributed by atoms with Gasteiger partial charge in [-0.05, 0) is 49.2 Å². The monoisotopic (exact) mass is 334 g/mol. The maximum Gasteiger partial charge on any atom is 0.319 e. The smallest absolute Gasteiger partial charge is 0.319 e. The molecule has 0 aromatic heterocycles. The van der Waals surface area contributed by atoms with E-state index < -0.39 is 0 Å². The van der Waals surface area contributed by atoms with Gasteiger partial charge in [-0.25, -0.2) is 4.79 Å². The van der Waals surface area contributed by atoms with E-state index in [1.807, 2.05) is 42.5 Å². The Balaban J connectivity index is 1.56. The second-order valence-corrected chi connectivity index (χ2v) is 6.29. The highest BCUT2D eigenvalue weighted by Crippen LogP contribution is 2.22. The van der Waals surface area contributed by atoms with Gasteiger partial charge in [-0.1, -0.05) is 31.4 Å². The van der Waals surface area contributed by atoms with E-state index >= 15 is 0 Å². The van der Waals surface area contributed by atoms with E-state index in [9.17, 15) is 4.79 Å². The van der Waals surface area contributed by atoms with Crippen LogP contribution in [-0.2, 0) is 0 Å². The lowest BCUT2D eigenvalue weighted by atomic mass is 9.96. The fraction of sp³-hybridized carbons (Fsp3) is 0.300. The van der Waals surface area contributed by atoms with Gasteiger partial charge in [0.15, 0.2) is 0 Å². The number of anilines is 3. The number of carbonyl (C=O) groups excluding carboxylic acids is 1. The van der Waals surface area contributed by atoms with Gasteiger partial charge >= 0.3 is 6.03 Å². The normalized spacial score (nSPS) is 14.4. The van der Waals surface area contributed by atoms with Gasteiger partial charge in [0.25, 0.3) is 0 Å². The Morgan fingerprint density at radius 3 is 2.36 bits per heavy atom. The summed E-state index contributed by atoms with van der Waals surface area (Å²) in [6.45, 7) is 0. The lowest BCUT2D eigenvalue weighted by Gasteiger charge is -2.22. The quantitative estimate of drug-likeness (QED) is 0.754. The minimum absolute atomic E-state index is 0.151. The Bertz CT molecular complexity index is 758. The third-order valence-corrected chi connectivity index (χ3v) is 4.41. The van der Waals surface area contributed by atoms with Crippen LogP contribution in [0, 0.1) is 11.3 Å². The van der Waals surface area contributed by atoms with E-state index in [2.05, 4.69) is 22.0 Å². The lowest BCUT2D eigenvalue weighted by Crippen LogP contribution is -2.38. The van der Waals surface area contributed by atoms with Crippen molar-refractivity contribution in [1.82, 2.24) is 5.32 Å². The molecule has 3 rings (SSSR count). The van der Waals surface area contributed by atoms with E-state index in [-0.39, 0.29) is 12.1 Å². The highest BCUT2D eigenvalue weighted by atomic mass is 16.2. The molecule has 5 nitrogen and oxygen atoms in total. The minimum Gasteiger partial charge on any atom is -0.354 e. The van der Waals surface area contributed by atoms with E-state index in [1.54, 1.807) is 6.07 Å². The first-order valence-corrected chi connectivity index (χ1v) is 8.68. The summed E-state index contributed by atoms with van der Waals surface area (Å²) in [5.74, 6) is 0. The van der Waals surface area contributed by atoms with Crippen molar-refractivity contribution in [2.24, 2.45) is 0 Å². The molecule has 0 spiro atoms. The fourth-order valence-corrected chi connectivity index (χ4v) is 3.08. The Labute approximate surface area is 148 Å². The summed E-state index contributed by atoms with van der Waals surface area (Å²) in [6, 6.07) is 17.1. The first-order valence-electron chi connectivity index (χ1n) is 8.68. The van der Waals surface area contributed by atoms with E-state index in [4.69, 9.17) is 5.26 Å². The molecule has 0 saturated heterocycles. The predicted octanol–water partition coefficient (Wildman–Crippen LogP) is 4.76. The van der Waals surface area contributed by atoms with Gasteiger partial charge in [-0.15, -0.1) is 0 Å². The molecule has 3 N–H and O–H groups in total. The average Bonchev–Trinajstić information content (AvgIpc) is 2.64. The summed E-state index contributed by atoms with van der Waals surface area (Å²) >= 11 is 0. The van der Waals surface area contributed by atoms with Gasteiger partial charge in [0.1, 0.15) is 6.07 Å². The number of para-hydroxylation sites is 1. The average molecular weight is 334 g/mol. The Kier molecular flexibility index (Phi) is 5.53. The third-order valence-electron chi connectivity index (χ3n) is 4.41. The third kappa shape index (κ3) is 4.74. The maximum absolute atomic E-state index is 12.1. The van der Waals surface area contributed by atoms with Crippen LogP contribution in [0.2, 0.25) is 0 Å². The Morgan fingerprint density at radius 2 is 1.64 bits per heavy atom. The van der Waals surface area contributed by atoms with Crippen LogP contribution in [0.1, 0.15) is 37.7 Å². The fourth-order valence-electron chi connectivity index (χ4n) is 3.08. The van der Waals surface area contributed by atoms with Crippen molar-refractivity contribution >= 4 is 23.1 Å². The van der Waals surface area contributed by atoms with Crippen LogP contribution in [0.3, 0.4) is 0 Å². The number of hydrogen-bond acceptors (Lipinski definition) is 3. The number of carbonyl (C=O) groups is 1. The number of amides is 2. The van der Waals surface area contributed by atoms with Crippen LogP contribution in [0.4, 0.5) is 21.9 Å². The molecule has 0 atom stereocenters. The second kappa shape index (κ2) is 8.20. The van der Waals surface area contributed by atoms with Crippen molar-refractivity contribution in [3.63, 3.8) is 0 Å². The molecule has 2 aromatic rings. The predicted molar refractivity (Wildman–Crippen MR) is 99.9 cm³/mol. The van der Waals surface area contributed by atoms with Gasteiger partial charge in [0.05, 0.1) is 11.3 Å². The summed E-state index contributed by atoms with van der Waals surface area (Å²) in [5, 5.41) is 18.3. The SMILES string of the molecule is N#Cc1ccccc1Nc1ccc(NC(=O)NC2CCCCC2)cc1. The largest absolute Gasteiger partial charge is 0.354 e. The molecular weight excluding hydrogens is 312 g/mol. The van der Waals surface area contributed by atoms with Crippen molar-refractivity contribution < 1.29 is 4.79 Å². The topological polar surface area (TPSA) is 77.0 Å². The van der Waals surface area contributed by atoms with Crippen molar-refractivity contribution in [1.29, 1.82) is 5.26 Å². The summed E-state index contributed by atoms with van der Waals surface area (Å²) in [7, 11) is 0. The first-order chi connectivity index (χ1) is 12.2. The number of hydrogen-bond donors (Lipinski definition) is 3. The van der Waals surface area contributed by atoms with Crippen molar-refractivity contribution in [2.45, 2.75) is 38.1 Å². The number of nitrogens with zero attached hydrogens (tertiary/aromatic N) is 1. The molecule has 128 valence electrons. The molecule has 0 heterocycles. The minimum atomic E-state index is -0.151. The molecule has 1 aliphatic carbocycles. The summed E-state index contributed by atoms with van der Waals surface area (Å²) in [5.41, 5.74) is 2.96. The molecule has 2 aromatic carbocycles. The molecule has 1 fully saturated rings. The summed E-state index contributed by atoms with van der Waals surface area (Å²) in [4.78, 5) is 12.1. The standard InChI is InChI=1S/C20H22N4O/c21-14-15-6-4-5-9-19(15)22-17-10-12-18(13-11-17)24-20(25)23-16-7-2-1-3-8-16/h4-6,9-13,16,22H,1-3,7-8H2,(H2,23,24,25). The van der Waals surface area contributed by atoms with Gasteiger partial charge < -0.3 is 16.0 Å². The molecule has 5 heteroatoms. The van der Waals surface area contributed by atoms with Crippen LogP contribution in [-0.4, -0.2) is 12.1 Å². The van der Waals surface area contributed by atoms with E-state index in [0.717, 1.165) is 29.9 Å². The van der Waals surface area contributed by atoms with Crippen LogP contribution < -0.4 is 16.0 Å². The summed E-state index contributed by atoms with van der Waals surface area (Å²) < 4.78 is 0. The van der Waals surface area contributed by atoms with Crippen LogP contribution >= 0.6 is 0 Å². The van der Waals surface area contributed by atoms with Crippen molar-refractivity contribution in [3.8, 4) is 6.07 Å². The van der Waals surface area contributed by atoms with Gasteiger partial charge in [-0.3, -0.25) is 0 Å². The highest BCUT2D eigenvalue weighted by molar-refractivity contribution is 5.89. The molecule has 2 amide bonds. The maximum atomic E-state index is 12.1. The zero-order valence-electron chi connectivity index (χ0n) is 14.1. The number of benzene rings is 2. The van der Waals surface area contributed by atoms with Crippen molar-refractivity contribution in [2.75, 3.05) is 10.6 Å². The Morgan fingerprint density at radius 1 is 0.960 bits per heavy atom. The zero-order valence-corrected chi connectivity index (χ0v) is 14.1. The molecule has 0 radical (unpaired) electrons.